The summed E-state index contributed by atoms with van der Waals surface area (Å²) >= 11 is 0. The van der Waals surface area contributed by atoms with Crippen molar-refractivity contribution in [3.8, 4) is 5.75 Å². The quantitative estimate of drug-likeness (QED) is 0.493. The molecule has 0 aliphatic carbocycles. The summed E-state index contributed by atoms with van der Waals surface area (Å²) in [4.78, 5) is 11.9. The monoisotopic (exact) mass is 284 g/mol. The molecule has 110 valence electrons. The van der Waals surface area contributed by atoms with Gasteiger partial charge in [-0.2, -0.15) is 5.10 Å². The summed E-state index contributed by atoms with van der Waals surface area (Å²) in [6.07, 6.45) is 3.19. The van der Waals surface area contributed by atoms with Crippen LogP contribution in [-0.2, 0) is 11.8 Å². The van der Waals surface area contributed by atoms with Gasteiger partial charge in [0.1, 0.15) is 5.75 Å². The second kappa shape index (κ2) is 5.95. The molecule has 0 N–H and O–H groups in total. The smallest absolute Gasteiger partial charge is 0.336 e. The number of esters is 1. The average Bonchev–Trinajstić information content (AvgIpc) is 2.66. The number of nitrogens with zero attached hydrogens (tertiary/aromatic N) is 2. The maximum absolute atomic E-state index is 11.9. The maximum Gasteiger partial charge on any atom is 0.336 e. The van der Waals surface area contributed by atoms with E-state index in [4.69, 9.17) is 4.74 Å². The lowest BCUT2D eigenvalue weighted by atomic mass is 10.1. The lowest BCUT2D eigenvalue weighted by molar-refractivity contribution is -0.128. The number of hydrogen-bond acceptors (Lipinski definition) is 3. The number of rotatable bonds is 3. The summed E-state index contributed by atoms with van der Waals surface area (Å²) in [5, 5.41) is 4.31. The summed E-state index contributed by atoms with van der Waals surface area (Å²) in [5.74, 6) is 0.174. The minimum atomic E-state index is -0.388. The zero-order chi connectivity index (χ0) is 15.6. The predicted octanol–water partition coefficient (Wildman–Crippen LogP) is 3.27. The molecule has 0 amide bonds. The molecule has 0 aliphatic heterocycles. The molecule has 2 aromatic rings. The van der Waals surface area contributed by atoms with Crippen LogP contribution < -0.4 is 4.74 Å². The Morgan fingerprint density at radius 1 is 1.19 bits per heavy atom. The molecule has 1 aromatic carbocycles. The van der Waals surface area contributed by atoms with Gasteiger partial charge >= 0.3 is 5.97 Å². The highest BCUT2D eigenvalue weighted by Gasteiger charge is 2.07. The van der Waals surface area contributed by atoms with Crippen LogP contribution in [-0.4, -0.2) is 15.7 Å². The highest BCUT2D eigenvalue weighted by atomic mass is 16.5. The van der Waals surface area contributed by atoms with Crippen LogP contribution in [0.25, 0.3) is 6.08 Å². The zero-order valence-corrected chi connectivity index (χ0v) is 13.1. The van der Waals surface area contributed by atoms with Crippen molar-refractivity contribution in [3.05, 3.63) is 52.4 Å². The van der Waals surface area contributed by atoms with Crippen LogP contribution in [0.1, 0.15) is 28.1 Å². The van der Waals surface area contributed by atoms with E-state index in [9.17, 15) is 4.79 Å². The molecule has 0 saturated carbocycles. The lowest BCUT2D eigenvalue weighted by Gasteiger charge is -2.04. The van der Waals surface area contributed by atoms with E-state index >= 15 is 0 Å². The number of aromatic nitrogens is 2. The number of hydrogen-bond donors (Lipinski definition) is 0. The molecule has 0 aliphatic rings. The number of aryl methyl sites for hydroxylation is 4. The fraction of sp³-hybridized carbons (Fsp3) is 0.294. The fourth-order valence-corrected chi connectivity index (χ4v) is 2.11. The van der Waals surface area contributed by atoms with Crippen molar-refractivity contribution in [1.29, 1.82) is 0 Å². The molecule has 0 bridgehead atoms. The van der Waals surface area contributed by atoms with Crippen LogP contribution in [0.3, 0.4) is 0 Å². The lowest BCUT2D eigenvalue weighted by Crippen LogP contribution is -2.04. The molecule has 21 heavy (non-hydrogen) atoms. The number of carbonyl (C=O) groups is 1. The highest BCUT2D eigenvalue weighted by Crippen LogP contribution is 2.17. The largest absolute Gasteiger partial charge is 0.423 e. The van der Waals surface area contributed by atoms with Gasteiger partial charge in [0.05, 0.1) is 5.69 Å². The fourth-order valence-electron chi connectivity index (χ4n) is 2.11. The van der Waals surface area contributed by atoms with Gasteiger partial charge < -0.3 is 4.74 Å². The van der Waals surface area contributed by atoms with Crippen molar-refractivity contribution >= 4 is 12.0 Å². The third kappa shape index (κ3) is 3.40. The predicted molar refractivity (Wildman–Crippen MR) is 83.3 cm³/mol. The van der Waals surface area contributed by atoms with E-state index in [1.165, 1.54) is 11.6 Å². The Kier molecular flexibility index (Phi) is 4.26. The summed E-state index contributed by atoms with van der Waals surface area (Å²) < 4.78 is 7.10. The van der Waals surface area contributed by atoms with E-state index in [1.54, 1.807) is 16.8 Å². The molecule has 0 radical (unpaired) electrons. The molecule has 0 spiro atoms. The van der Waals surface area contributed by atoms with Crippen LogP contribution in [0, 0.1) is 27.7 Å². The Labute approximate surface area is 125 Å². The van der Waals surface area contributed by atoms with Gasteiger partial charge in [-0.05, 0) is 57.0 Å². The standard InChI is InChI=1S/C17H20N2O2/c1-11-6-7-15(10-12(11)2)21-17(20)9-8-16-13(3)18-19(5)14(16)4/h6-10H,1-5H3/b9-8+. The van der Waals surface area contributed by atoms with Gasteiger partial charge in [0.15, 0.2) is 0 Å². The Balaban J connectivity index is 2.11. The molecule has 0 atom stereocenters. The summed E-state index contributed by atoms with van der Waals surface area (Å²) in [7, 11) is 1.88. The van der Waals surface area contributed by atoms with Crippen molar-refractivity contribution in [2.24, 2.45) is 7.05 Å². The van der Waals surface area contributed by atoms with Crippen LogP contribution in [0.4, 0.5) is 0 Å². The van der Waals surface area contributed by atoms with Crippen molar-refractivity contribution < 1.29 is 9.53 Å². The highest BCUT2D eigenvalue weighted by molar-refractivity contribution is 5.89. The number of benzene rings is 1. The first-order chi connectivity index (χ1) is 9.88. The van der Waals surface area contributed by atoms with E-state index < -0.39 is 0 Å². The average molecular weight is 284 g/mol. The maximum atomic E-state index is 11.9. The van der Waals surface area contributed by atoms with E-state index in [0.717, 1.165) is 22.5 Å². The second-order valence-electron chi connectivity index (χ2n) is 5.21. The molecular formula is C17H20N2O2. The van der Waals surface area contributed by atoms with Gasteiger partial charge in [-0.25, -0.2) is 4.79 Å². The molecule has 4 nitrogen and oxygen atoms in total. The van der Waals surface area contributed by atoms with Gasteiger partial charge in [0.25, 0.3) is 0 Å². The molecule has 4 heteroatoms. The Morgan fingerprint density at radius 3 is 2.48 bits per heavy atom. The molecule has 0 unspecified atom stereocenters. The Hall–Kier alpha value is -2.36. The summed E-state index contributed by atoms with van der Waals surface area (Å²) in [6.45, 7) is 7.90. The third-order valence-corrected chi connectivity index (χ3v) is 3.65. The van der Waals surface area contributed by atoms with Gasteiger partial charge in [0, 0.05) is 24.4 Å². The van der Waals surface area contributed by atoms with Crippen molar-refractivity contribution in [3.63, 3.8) is 0 Å². The second-order valence-corrected chi connectivity index (χ2v) is 5.21. The van der Waals surface area contributed by atoms with E-state index in [2.05, 4.69) is 5.10 Å². The Morgan fingerprint density at radius 2 is 1.90 bits per heavy atom. The topological polar surface area (TPSA) is 44.1 Å². The minimum Gasteiger partial charge on any atom is -0.423 e. The van der Waals surface area contributed by atoms with E-state index in [0.29, 0.717) is 5.75 Å². The van der Waals surface area contributed by atoms with Gasteiger partial charge in [0.2, 0.25) is 0 Å². The molecular weight excluding hydrogens is 264 g/mol. The minimum absolute atomic E-state index is 0.388. The normalized spacial score (nSPS) is 11.1. The van der Waals surface area contributed by atoms with Gasteiger partial charge in [-0.3, -0.25) is 4.68 Å². The molecule has 0 saturated heterocycles. The number of carbonyl (C=O) groups excluding carboxylic acids is 1. The first-order valence-corrected chi connectivity index (χ1v) is 6.86. The van der Waals surface area contributed by atoms with Crippen molar-refractivity contribution in [2.45, 2.75) is 27.7 Å². The van der Waals surface area contributed by atoms with E-state index in [-0.39, 0.29) is 5.97 Å². The van der Waals surface area contributed by atoms with Crippen molar-refractivity contribution in [2.75, 3.05) is 0 Å². The first-order valence-electron chi connectivity index (χ1n) is 6.86. The van der Waals surface area contributed by atoms with E-state index in [1.807, 2.05) is 46.9 Å². The van der Waals surface area contributed by atoms with Crippen LogP contribution in [0.15, 0.2) is 24.3 Å². The van der Waals surface area contributed by atoms with Crippen LogP contribution in [0.2, 0.25) is 0 Å². The first kappa shape index (κ1) is 15.0. The van der Waals surface area contributed by atoms with Crippen molar-refractivity contribution in [1.82, 2.24) is 9.78 Å². The van der Waals surface area contributed by atoms with Crippen LogP contribution >= 0.6 is 0 Å². The molecule has 2 rings (SSSR count). The van der Waals surface area contributed by atoms with Crippen LogP contribution in [0.5, 0.6) is 5.75 Å². The molecule has 1 heterocycles. The zero-order valence-electron chi connectivity index (χ0n) is 13.1. The summed E-state index contributed by atoms with van der Waals surface area (Å²) in [5.41, 5.74) is 5.14. The third-order valence-electron chi connectivity index (χ3n) is 3.65. The molecule has 0 fully saturated rings. The molecule has 1 aromatic heterocycles. The van der Waals surface area contributed by atoms with Gasteiger partial charge in [-0.15, -0.1) is 0 Å². The number of ether oxygens (including phenoxy) is 1. The van der Waals surface area contributed by atoms with Gasteiger partial charge in [-0.1, -0.05) is 6.07 Å². The summed E-state index contributed by atoms with van der Waals surface area (Å²) in [6, 6.07) is 5.60. The Bertz CT molecular complexity index is 712. The SMILES string of the molecule is Cc1ccc(OC(=O)/C=C/c2c(C)nn(C)c2C)cc1C.